The summed E-state index contributed by atoms with van der Waals surface area (Å²) in [6, 6.07) is 12.6. The highest BCUT2D eigenvalue weighted by atomic mass is 16.5. The van der Waals surface area contributed by atoms with Crippen LogP contribution >= 0.6 is 0 Å². The zero-order chi connectivity index (χ0) is 14.9. The minimum absolute atomic E-state index is 0.546. The Morgan fingerprint density at radius 2 is 1.77 bits per heavy atom. The van der Waals surface area contributed by atoms with Gasteiger partial charge < -0.3 is 9.64 Å². The summed E-state index contributed by atoms with van der Waals surface area (Å²) < 4.78 is 6.01. The van der Waals surface area contributed by atoms with E-state index in [4.69, 9.17) is 4.74 Å². The average Bonchev–Trinajstić information content (AvgIpc) is 2.73. The molecule has 0 saturated carbocycles. The fourth-order valence-electron chi connectivity index (χ4n) is 3.39. The topological polar surface area (TPSA) is 25.4 Å². The SMILES string of the molecule is CN1CCC(=C2c3ccccc3OCc3ncccc32)CC1. The normalized spacial score (nSPS) is 18.2. The molecule has 3 heterocycles. The second-order valence-electron chi connectivity index (χ2n) is 6.06. The zero-order valence-corrected chi connectivity index (χ0v) is 12.9. The number of aromatic nitrogens is 1. The van der Waals surface area contributed by atoms with Gasteiger partial charge in [0.05, 0.1) is 5.69 Å². The molecule has 0 atom stereocenters. The third-order valence-corrected chi connectivity index (χ3v) is 4.62. The van der Waals surface area contributed by atoms with E-state index in [1.807, 2.05) is 18.3 Å². The van der Waals surface area contributed by atoms with Crippen molar-refractivity contribution in [3.63, 3.8) is 0 Å². The highest BCUT2D eigenvalue weighted by molar-refractivity contribution is 5.86. The molecule has 2 aliphatic rings. The molecule has 1 aromatic carbocycles. The number of fused-ring (bicyclic) bond motifs is 2. The van der Waals surface area contributed by atoms with Gasteiger partial charge in [-0.25, -0.2) is 0 Å². The lowest BCUT2D eigenvalue weighted by atomic mass is 9.88. The summed E-state index contributed by atoms with van der Waals surface area (Å²) in [5.41, 5.74) is 6.38. The average molecular weight is 292 g/mol. The minimum Gasteiger partial charge on any atom is -0.487 e. The Kier molecular flexibility index (Phi) is 3.43. The Bertz CT molecular complexity index is 676. The van der Waals surface area contributed by atoms with Crippen molar-refractivity contribution in [2.75, 3.05) is 20.1 Å². The lowest BCUT2D eigenvalue weighted by Gasteiger charge is -2.27. The second-order valence-corrected chi connectivity index (χ2v) is 6.06. The zero-order valence-electron chi connectivity index (χ0n) is 12.9. The fourth-order valence-corrected chi connectivity index (χ4v) is 3.39. The molecule has 0 unspecified atom stereocenters. The van der Waals surface area contributed by atoms with Gasteiger partial charge in [0.1, 0.15) is 12.4 Å². The van der Waals surface area contributed by atoms with Crippen LogP contribution in [0.25, 0.3) is 5.57 Å². The van der Waals surface area contributed by atoms with Gasteiger partial charge in [-0.15, -0.1) is 0 Å². The van der Waals surface area contributed by atoms with Crippen LogP contribution in [0.1, 0.15) is 29.7 Å². The van der Waals surface area contributed by atoms with E-state index >= 15 is 0 Å². The van der Waals surface area contributed by atoms with Crippen LogP contribution in [0.15, 0.2) is 48.2 Å². The van der Waals surface area contributed by atoms with Crippen LogP contribution in [0, 0.1) is 0 Å². The second kappa shape index (κ2) is 5.58. The number of nitrogens with zero attached hydrogens (tertiary/aromatic N) is 2. The molecular weight excluding hydrogens is 272 g/mol. The van der Waals surface area contributed by atoms with Gasteiger partial charge in [-0.2, -0.15) is 0 Å². The smallest absolute Gasteiger partial charge is 0.131 e. The van der Waals surface area contributed by atoms with Crippen LogP contribution in [-0.4, -0.2) is 30.0 Å². The highest BCUT2D eigenvalue weighted by Gasteiger charge is 2.24. The van der Waals surface area contributed by atoms with Gasteiger partial charge in [0.2, 0.25) is 0 Å². The molecule has 2 aromatic rings. The van der Waals surface area contributed by atoms with Crippen molar-refractivity contribution in [1.82, 2.24) is 9.88 Å². The van der Waals surface area contributed by atoms with E-state index in [0.717, 1.165) is 37.4 Å². The van der Waals surface area contributed by atoms with Gasteiger partial charge in [-0.05, 0) is 37.6 Å². The summed E-state index contributed by atoms with van der Waals surface area (Å²) in [5.74, 6) is 0.974. The summed E-state index contributed by atoms with van der Waals surface area (Å²) in [7, 11) is 2.20. The lowest BCUT2D eigenvalue weighted by molar-refractivity contribution is 0.302. The fraction of sp³-hybridized carbons (Fsp3) is 0.316. The van der Waals surface area contributed by atoms with Crippen LogP contribution in [0.3, 0.4) is 0 Å². The molecule has 112 valence electrons. The van der Waals surface area contributed by atoms with E-state index in [-0.39, 0.29) is 0 Å². The molecule has 0 spiro atoms. The molecule has 1 aromatic heterocycles. The summed E-state index contributed by atoms with van der Waals surface area (Å²) in [6.45, 7) is 2.79. The van der Waals surface area contributed by atoms with Gasteiger partial charge in [-0.1, -0.05) is 29.8 Å². The molecule has 0 radical (unpaired) electrons. The molecule has 0 N–H and O–H groups in total. The van der Waals surface area contributed by atoms with Crippen molar-refractivity contribution in [3.05, 3.63) is 65.0 Å². The first kappa shape index (κ1) is 13.5. The van der Waals surface area contributed by atoms with Crippen molar-refractivity contribution in [2.45, 2.75) is 19.4 Å². The number of hydrogen-bond acceptors (Lipinski definition) is 3. The van der Waals surface area contributed by atoms with Crippen molar-refractivity contribution < 1.29 is 4.74 Å². The van der Waals surface area contributed by atoms with Gasteiger partial charge in [0, 0.05) is 30.4 Å². The monoisotopic (exact) mass is 292 g/mol. The molecule has 3 heteroatoms. The first-order chi connectivity index (χ1) is 10.8. The molecule has 1 saturated heterocycles. The van der Waals surface area contributed by atoms with Crippen LogP contribution in [0.4, 0.5) is 0 Å². The van der Waals surface area contributed by atoms with Gasteiger partial charge in [-0.3, -0.25) is 4.98 Å². The predicted octanol–water partition coefficient (Wildman–Crippen LogP) is 3.50. The van der Waals surface area contributed by atoms with Crippen LogP contribution < -0.4 is 4.74 Å². The third kappa shape index (κ3) is 2.32. The number of likely N-dealkylation sites (tertiary alicyclic amines) is 1. The van der Waals surface area contributed by atoms with Gasteiger partial charge in [0.15, 0.2) is 0 Å². The Balaban J connectivity index is 1.93. The van der Waals surface area contributed by atoms with Gasteiger partial charge >= 0.3 is 0 Å². The molecule has 0 bridgehead atoms. The first-order valence-electron chi connectivity index (χ1n) is 7.90. The van der Waals surface area contributed by atoms with Gasteiger partial charge in [0.25, 0.3) is 0 Å². The molecule has 4 rings (SSSR count). The lowest BCUT2D eigenvalue weighted by Crippen LogP contribution is -2.27. The standard InChI is InChI=1S/C19H20N2O/c1-21-11-8-14(9-12-21)19-15-6-4-10-20-17(15)13-22-18-7-3-2-5-16(18)19/h2-7,10H,8-9,11-13H2,1H3. The number of para-hydroxylation sites is 1. The first-order valence-corrected chi connectivity index (χ1v) is 7.90. The maximum absolute atomic E-state index is 6.01. The minimum atomic E-state index is 0.546. The van der Waals surface area contributed by atoms with E-state index in [9.17, 15) is 0 Å². The number of benzene rings is 1. The summed E-state index contributed by atoms with van der Waals surface area (Å²) in [4.78, 5) is 6.95. The Hall–Kier alpha value is -2.13. The van der Waals surface area contributed by atoms with Crippen molar-refractivity contribution in [3.8, 4) is 5.75 Å². The van der Waals surface area contributed by atoms with E-state index in [1.165, 1.54) is 22.3 Å². The van der Waals surface area contributed by atoms with Crippen molar-refractivity contribution in [1.29, 1.82) is 0 Å². The number of piperidine rings is 1. The van der Waals surface area contributed by atoms with Crippen molar-refractivity contribution >= 4 is 5.57 Å². The molecule has 0 aliphatic carbocycles. The molecule has 1 fully saturated rings. The van der Waals surface area contributed by atoms with E-state index in [2.05, 4.69) is 41.2 Å². The molecule has 3 nitrogen and oxygen atoms in total. The van der Waals surface area contributed by atoms with Crippen LogP contribution in [-0.2, 0) is 6.61 Å². The summed E-state index contributed by atoms with van der Waals surface area (Å²) in [5, 5.41) is 0. The van der Waals surface area contributed by atoms with Crippen LogP contribution in [0.5, 0.6) is 5.75 Å². The molecule has 2 aliphatic heterocycles. The van der Waals surface area contributed by atoms with Crippen LogP contribution in [0.2, 0.25) is 0 Å². The Labute approximate surface area is 131 Å². The number of pyridine rings is 1. The Morgan fingerprint density at radius 3 is 2.64 bits per heavy atom. The third-order valence-electron chi connectivity index (χ3n) is 4.62. The molecule has 0 amide bonds. The molecule has 22 heavy (non-hydrogen) atoms. The van der Waals surface area contributed by atoms with E-state index in [1.54, 1.807) is 0 Å². The maximum atomic E-state index is 6.01. The number of hydrogen-bond donors (Lipinski definition) is 0. The largest absolute Gasteiger partial charge is 0.487 e. The quantitative estimate of drug-likeness (QED) is 0.743. The Morgan fingerprint density at radius 1 is 1.00 bits per heavy atom. The number of ether oxygens (including phenoxy) is 1. The number of rotatable bonds is 0. The summed E-state index contributed by atoms with van der Waals surface area (Å²) >= 11 is 0. The van der Waals surface area contributed by atoms with E-state index in [0.29, 0.717) is 6.61 Å². The maximum Gasteiger partial charge on any atom is 0.131 e. The van der Waals surface area contributed by atoms with Crippen molar-refractivity contribution in [2.24, 2.45) is 0 Å². The summed E-state index contributed by atoms with van der Waals surface area (Å²) in [6.07, 6.45) is 4.10. The molecular formula is C19H20N2O. The predicted molar refractivity (Wildman–Crippen MR) is 87.8 cm³/mol. The highest BCUT2D eigenvalue weighted by Crippen LogP contribution is 2.40. The van der Waals surface area contributed by atoms with E-state index < -0.39 is 0 Å².